The lowest BCUT2D eigenvalue weighted by molar-refractivity contribution is -0.137. The van der Waals surface area contributed by atoms with Gasteiger partial charge in [0.15, 0.2) is 0 Å². The first kappa shape index (κ1) is 13.7. The number of nitrogens with zero attached hydrogens (tertiary/aromatic N) is 1. The minimum absolute atomic E-state index is 0.217. The molecular weight excluding hydrogens is 279 g/mol. The molecule has 0 aliphatic heterocycles. The van der Waals surface area contributed by atoms with Gasteiger partial charge in [-0.1, -0.05) is 23.7 Å². The Balaban J connectivity index is 2.40. The highest BCUT2D eigenvalue weighted by atomic mass is 35.5. The molecule has 0 spiro atoms. The summed E-state index contributed by atoms with van der Waals surface area (Å²) in [4.78, 5) is 3.90. The average Bonchev–Trinajstić information content (AvgIpc) is 2.37. The first-order valence-electron chi connectivity index (χ1n) is 5.29. The smallest absolute Gasteiger partial charge is 0.416 e. The van der Waals surface area contributed by atoms with Crippen molar-refractivity contribution in [1.29, 1.82) is 0 Å². The lowest BCUT2D eigenvalue weighted by Gasteiger charge is -2.08. The van der Waals surface area contributed by atoms with Crippen LogP contribution in [0.5, 0.6) is 5.88 Å². The van der Waals surface area contributed by atoms with Crippen LogP contribution in [0, 0.1) is 0 Å². The first-order chi connectivity index (χ1) is 8.90. The Morgan fingerprint density at radius 2 is 1.68 bits per heavy atom. The van der Waals surface area contributed by atoms with E-state index in [1.54, 1.807) is 12.1 Å². The lowest BCUT2D eigenvalue weighted by atomic mass is 10.0. The second-order valence-corrected chi connectivity index (χ2v) is 4.18. The summed E-state index contributed by atoms with van der Waals surface area (Å²) in [6, 6.07) is 7.98. The van der Waals surface area contributed by atoms with E-state index in [1.807, 2.05) is 0 Å². The summed E-state index contributed by atoms with van der Waals surface area (Å²) in [7, 11) is 1.44. The predicted molar refractivity (Wildman–Crippen MR) is 66.2 cm³/mol. The maximum absolute atomic E-state index is 12.5. The zero-order valence-corrected chi connectivity index (χ0v) is 10.6. The number of halogens is 4. The Kier molecular flexibility index (Phi) is 3.66. The van der Waals surface area contributed by atoms with Crippen LogP contribution in [0.3, 0.4) is 0 Å². The fourth-order valence-electron chi connectivity index (χ4n) is 1.60. The second kappa shape index (κ2) is 5.09. The second-order valence-electron chi connectivity index (χ2n) is 3.80. The normalized spacial score (nSPS) is 11.4. The van der Waals surface area contributed by atoms with Gasteiger partial charge in [-0.15, -0.1) is 0 Å². The van der Waals surface area contributed by atoms with Crippen molar-refractivity contribution >= 4 is 11.6 Å². The highest BCUT2D eigenvalue weighted by Gasteiger charge is 2.29. The minimum Gasteiger partial charge on any atom is -0.481 e. The van der Waals surface area contributed by atoms with Crippen molar-refractivity contribution in [2.45, 2.75) is 6.18 Å². The first-order valence-corrected chi connectivity index (χ1v) is 5.67. The monoisotopic (exact) mass is 287 g/mol. The van der Waals surface area contributed by atoms with Crippen LogP contribution in [0.15, 0.2) is 36.4 Å². The Labute approximate surface area is 112 Å². The number of hydrogen-bond donors (Lipinski definition) is 0. The highest BCUT2D eigenvalue weighted by molar-refractivity contribution is 6.29. The maximum Gasteiger partial charge on any atom is 0.416 e. The Hall–Kier alpha value is -1.75. The van der Waals surface area contributed by atoms with Gasteiger partial charge in [-0.05, 0) is 29.3 Å². The van der Waals surface area contributed by atoms with E-state index in [4.69, 9.17) is 16.3 Å². The van der Waals surface area contributed by atoms with Crippen LogP contribution >= 0.6 is 11.6 Å². The number of aromatic nitrogens is 1. The number of ether oxygens (including phenoxy) is 1. The molecule has 100 valence electrons. The van der Waals surface area contributed by atoms with Crippen LogP contribution in [0.4, 0.5) is 13.2 Å². The summed E-state index contributed by atoms with van der Waals surface area (Å²) in [5, 5.41) is 0.217. The third kappa shape index (κ3) is 3.17. The Bertz CT molecular complexity index is 581. The summed E-state index contributed by atoms with van der Waals surface area (Å²) in [5.74, 6) is 0.308. The number of alkyl halides is 3. The molecule has 0 radical (unpaired) electrons. The van der Waals surface area contributed by atoms with Crippen LogP contribution < -0.4 is 4.74 Å². The van der Waals surface area contributed by atoms with Crippen LogP contribution in [-0.4, -0.2) is 12.1 Å². The van der Waals surface area contributed by atoms with Crippen LogP contribution in [0.2, 0.25) is 5.15 Å². The van der Waals surface area contributed by atoms with Gasteiger partial charge in [-0.3, -0.25) is 0 Å². The fourth-order valence-corrected chi connectivity index (χ4v) is 1.80. The molecule has 0 saturated carbocycles. The number of benzene rings is 1. The van der Waals surface area contributed by atoms with Gasteiger partial charge >= 0.3 is 6.18 Å². The molecule has 0 N–H and O–H groups in total. The molecule has 0 aliphatic carbocycles. The van der Waals surface area contributed by atoms with Crippen molar-refractivity contribution in [3.8, 4) is 17.0 Å². The van der Waals surface area contributed by atoms with Gasteiger partial charge in [-0.2, -0.15) is 13.2 Å². The molecule has 0 atom stereocenters. The molecular formula is C13H9ClF3NO. The molecule has 0 aliphatic rings. The van der Waals surface area contributed by atoms with E-state index in [9.17, 15) is 13.2 Å². The third-order valence-electron chi connectivity index (χ3n) is 2.53. The fraction of sp³-hybridized carbons (Fsp3) is 0.154. The SMILES string of the molecule is COc1cc(-c2ccc(C(F)(F)F)cc2)cc(Cl)n1. The molecule has 1 aromatic heterocycles. The summed E-state index contributed by atoms with van der Waals surface area (Å²) >= 11 is 5.81. The van der Waals surface area contributed by atoms with E-state index in [1.165, 1.54) is 19.2 Å². The summed E-state index contributed by atoms with van der Waals surface area (Å²) in [5.41, 5.74) is 0.560. The van der Waals surface area contributed by atoms with Crippen molar-refractivity contribution in [3.05, 3.63) is 47.1 Å². The predicted octanol–water partition coefficient (Wildman–Crippen LogP) is 4.43. The van der Waals surface area contributed by atoms with Gasteiger partial charge in [-0.25, -0.2) is 4.98 Å². The summed E-state index contributed by atoms with van der Waals surface area (Å²) in [6.45, 7) is 0. The quantitative estimate of drug-likeness (QED) is 0.762. The summed E-state index contributed by atoms with van der Waals surface area (Å²) in [6.07, 6.45) is -4.34. The van der Waals surface area contributed by atoms with E-state index in [0.29, 0.717) is 17.0 Å². The molecule has 0 saturated heterocycles. The third-order valence-corrected chi connectivity index (χ3v) is 2.72. The largest absolute Gasteiger partial charge is 0.481 e. The van der Waals surface area contributed by atoms with Crippen LogP contribution in [0.1, 0.15) is 5.56 Å². The van der Waals surface area contributed by atoms with E-state index in [-0.39, 0.29) is 5.15 Å². The molecule has 2 nitrogen and oxygen atoms in total. The van der Waals surface area contributed by atoms with E-state index < -0.39 is 11.7 Å². The Morgan fingerprint density at radius 1 is 1.05 bits per heavy atom. The van der Waals surface area contributed by atoms with Crippen LogP contribution in [0.25, 0.3) is 11.1 Å². The van der Waals surface area contributed by atoms with Gasteiger partial charge in [0, 0.05) is 6.07 Å². The number of methoxy groups -OCH3 is 1. The number of pyridine rings is 1. The molecule has 0 unspecified atom stereocenters. The maximum atomic E-state index is 12.5. The van der Waals surface area contributed by atoms with Gasteiger partial charge < -0.3 is 4.74 Å². The molecule has 1 aromatic carbocycles. The van der Waals surface area contributed by atoms with Crippen molar-refractivity contribution in [3.63, 3.8) is 0 Å². The minimum atomic E-state index is -4.34. The van der Waals surface area contributed by atoms with Crippen LogP contribution in [-0.2, 0) is 6.18 Å². The van der Waals surface area contributed by atoms with E-state index >= 15 is 0 Å². The van der Waals surface area contributed by atoms with Crippen molar-refractivity contribution in [2.75, 3.05) is 7.11 Å². The summed E-state index contributed by atoms with van der Waals surface area (Å²) < 4.78 is 42.3. The molecule has 6 heteroatoms. The topological polar surface area (TPSA) is 22.1 Å². The lowest BCUT2D eigenvalue weighted by Crippen LogP contribution is -2.04. The zero-order chi connectivity index (χ0) is 14.0. The molecule has 0 fully saturated rings. The highest BCUT2D eigenvalue weighted by Crippen LogP contribution is 2.32. The van der Waals surface area contributed by atoms with Crippen molar-refractivity contribution in [1.82, 2.24) is 4.98 Å². The molecule has 0 bridgehead atoms. The van der Waals surface area contributed by atoms with Crippen molar-refractivity contribution in [2.24, 2.45) is 0 Å². The standard InChI is InChI=1S/C13H9ClF3NO/c1-19-12-7-9(6-11(14)18-12)8-2-4-10(5-3-8)13(15,16)17/h2-7H,1H3. The molecule has 19 heavy (non-hydrogen) atoms. The molecule has 2 aromatic rings. The van der Waals surface area contributed by atoms with Crippen molar-refractivity contribution < 1.29 is 17.9 Å². The Morgan fingerprint density at radius 3 is 2.21 bits per heavy atom. The average molecular weight is 288 g/mol. The number of hydrogen-bond acceptors (Lipinski definition) is 2. The molecule has 2 rings (SSSR count). The van der Waals surface area contributed by atoms with Gasteiger partial charge in [0.05, 0.1) is 12.7 Å². The number of rotatable bonds is 2. The van der Waals surface area contributed by atoms with E-state index in [0.717, 1.165) is 12.1 Å². The van der Waals surface area contributed by atoms with E-state index in [2.05, 4.69) is 4.98 Å². The van der Waals surface area contributed by atoms with Gasteiger partial charge in [0.25, 0.3) is 0 Å². The molecule has 0 amide bonds. The van der Waals surface area contributed by atoms with Gasteiger partial charge in [0.1, 0.15) is 5.15 Å². The van der Waals surface area contributed by atoms with Gasteiger partial charge in [0.2, 0.25) is 5.88 Å². The molecule has 1 heterocycles. The zero-order valence-electron chi connectivity index (χ0n) is 9.83.